The first kappa shape index (κ1) is 44.5. The van der Waals surface area contributed by atoms with E-state index in [0.29, 0.717) is 22.4 Å². The Hall–Kier alpha value is -4.61. The molecule has 2 atom stereocenters. The first-order valence-corrected chi connectivity index (χ1v) is 20.0. The molecule has 3 aromatic heterocycles. The van der Waals surface area contributed by atoms with E-state index < -0.39 is 76.0 Å². The lowest BCUT2D eigenvalue weighted by Crippen LogP contribution is -2.23. The second-order valence-electron chi connectivity index (χ2n) is 13.4. The van der Waals surface area contributed by atoms with Crippen LogP contribution in [0.2, 0.25) is 5.02 Å². The van der Waals surface area contributed by atoms with Gasteiger partial charge in [0, 0.05) is 60.1 Å². The van der Waals surface area contributed by atoms with Crippen LogP contribution >= 0.6 is 23.5 Å². The van der Waals surface area contributed by atoms with Crippen LogP contribution in [0.15, 0.2) is 53.5 Å². The molecule has 0 bridgehead atoms. The van der Waals surface area contributed by atoms with Gasteiger partial charge in [-0.25, -0.2) is 13.8 Å². The van der Waals surface area contributed by atoms with Gasteiger partial charge >= 0.3 is 12.4 Å². The number of halogens is 11. The molecule has 2 unspecified atom stereocenters. The van der Waals surface area contributed by atoms with Gasteiger partial charge in [-0.3, -0.25) is 18.6 Å². The lowest BCUT2D eigenvalue weighted by atomic mass is 9.94. The fourth-order valence-corrected chi connectivity index (χ4v) is 6.51. The third kappa shape index (κ3) is 10.5. The van der Waals surface area contributed by atoms with Crippen LogP contribution in [0.25, 0.3) is 22.0 Å². The van der Waals surface area contributed by atoms with Crippen molar-refractivity contribution in [1.82, 2.24) is 24.5 Å². The number of hydrogen-bond acceptors (Lipinski definition) is 7. The molecule has 0 aliphatic rings. The molecule has 0 amide bonds. The lowest BCUT2D eigenvalue weighted by Gasteiger charge is -2.19. The van der Waals surface area contributed by atoms with Gasteiger partial charge in [-0.05, 0) is 61.7 Å². The molecule has 5 aromatic rings. The predicted octanol–water partition coefficient (Wildman–Crippen LogP) is 10.2. The van der Waals surface area contributed by atoms with E-state index in [2.05, 4.69) is 36.7 Å². The first-order valence-electron chi connectivity index (χ1n) is 16.8. The number of aliphatic imine (C=N–C) groups is 1. The van der Waals surface area contributed by atoms with Gasteiger partial charge in [0.05, 0.1) is 34.2 Å². The average Bonchev–Trinajstić information content (AvgIpc) is 3.69. The van der Waals surface area contributed by atoms with E-state index in [4.69, 9.17) is 11.6 Å². The Morgan fingerprint density at radius 2 is 1.60 bits per heavy atom. The highest BCUT2D eigenvalue weighted by atomic mass is 35.5. The summed E-state index contributed by atoms with van der Waals surface area (Å²) in [5.74, 6) is -0.0438. The van der Waals surface area contributed by atoms with Gasteiger partial charge in [-0.2, -0.15) is 45.3 Å². The molecule has 58 heavy (non-hydrogen) atoms. The van der Waals surface area contributed by atoms with Crippen molar-refractivity contribution in [2.75, 3.05) is 17.2 Å². The van der Waals surface area contributed by atoms with E-state index in [-0.39, 0.29) is 62.3 Å². The standard InChI is InChI=1S/C37H32ClF10N7OS2/c1-34(2,58(5)56)11-10-23-6-7-24(25-8-9-26(38)30-32(25)55(19-36(43,44)45)52-33(30)53-57-4)31(50-23)27(16-20-14-21(39)17-22(40)15-20)49-12-13-54-29(35(3,41)42)18-28(51-54)37(46,47)48/h6-9,12,14-15,17-18,27H,13,16,19H2,1-5H3,(H,52,53). The smallest absolute Gasteiger partial charge is 0.313 e. The number of nitrogens with one attached hydrogen (secondary N) is 1. The minimum absolute atomic E-state index is 0.000417. The molecule has 0 fully saturated rings. The highest BCUT2D eigenvalue weighted by Gasteiger charge is 2.39. The number of rotatable bonds is 12. The number of anilines is 1. The molecule has 21 heteroatoms. The van der Waals surface area contributed by atoms with E-state index in [0.717, 1.165) is 30.3 Å². The largest absolute Gasteiger partial charge is 0.435 e. The van der Waals surface area contributed by atoms with E-state index in [1.54, 1.807) is 20.1 Å². The van der Waals surface area contributed by atoms with Crippen LogP contribution in [0.4, 0.5) is 49.7 Å². The Kier molecular flexibility index (Phi) is 13.0. The van der Waals surface area contributed by atoms with Crippen molar-refractivity contribution in [3.63, 3.8) is 0 Å². The second-order valence-corrected chi connectivity index (χ2v) is 16.4. The summed E-state index contributed by atoms with van der Waals surface area (Å²) in [7, 11) is -1.44. The maximum atomic E-state index is 14.5. The normalized spacial score (nSPS) is 13.9. The number of nitrogens with zero attached hydrogens (tertiary/aromatic N) is 6. The molecule has 2 aromatic carbocycles. The molecule has 0 radical (unpaired) electrons. The van der Waals surface area contributed by atoms with Gasteiger partial charge < -0.3 is 4.72 Å². The number of pyridine rings is 1. The summed E-state index contributed by atoms with van der Waals surface area (Å²) < 4.78 is 156. The molecule has 310 valence electrons. The minimum Gasteiger partial charge on any atom is -0.313 e. The van der Waals surface area contributed by atoms with Gasteiger partial charge in [0.25, 0.3) is 5.92 Å². The van der Waals surface area contributed by atoms with Crippen molar-refractivity contribution >= 4 is 57.3 Å². The zero-order valence-corrected chi connectivity index (χ0v) is 33.3. The molecule has 8 nitrogen and oxygen atoms in total. The summed E-state index contributed by atoms with van der Waals surface area (Å²) in [5.41, 5.74) is -2.62. The fraction of sp³-hybridized carbons (Fsp3) is 0.351. The van der Waals surface area contributed by atoms with E-state index >= 15 is 0 Å². The molecular weight excluding hydrogens is 848 g/mol. The summed E-state index contributed by atoms with van der Waals surface area (Å²) in [5, 5.41) is 7.57. The number of benzene rings is 2. The Morgan fingerprint density at radius 3 is 2.19 bits per heavy atom. The Labute approximate surface area is 337 Å². The van der Waals surface area contributed by atoms with E-state index in [1.165, 1.54) is 30.5 Å². The van der Waals surface area contributed by atoms with Gasteiger partial charge in [0.1, 0.15) is 34.3 Å². The number of hydrogen-bond donors (Lipinski definition) is 1. The number of alkyl halides is 8. The molecule has 0 aliphatic carbocycles. The van der Waals surface area contributed by atoms with Crippen molar-refractivity contribution in [1.29, 1.82) is 0 Å². The molecule has 0 saturated heterocycles. The topological polar surface area (TPSA) is 90.0 Å². The molecule has 1 N–H and O–H groups in total. The van der Waals surface area contributed by atoms with Crippen molar-refractivity contribution in [2.45, 2.75) is 69.3 Å². The third-order valence-electron chi connectivity index (χ3n) is 8.52. The maximum absolute atomic E-state index is 14.5. The van der Waals surface area contributed by atoms with Gasteiger partial charge in [-0.1, -0.05) is 35.5 Å². The molecule has 0 aliphatic heterocycles. The quantitative estimate of drug-likeness (QED) is 0.0581. The van der Waals surface area contributed by atoms with E-state index in [9.17, 15) is 48.1 Å². The van der Waals surface area contributed by atoms with Crippen LogP contribution in [0.1, 0.15) is 55.2 Å². The summed E-state index contributed by atoms with van der Waals surface area (Å²) in [4.78, 5) is 9.14. The van der Waals surface area contributed by atoms with Gasteiger partial charge in [0.2, 0.25) is 0 Å². The van der Waals surface area contributed by atoms with Gasteiger partial charge in [-0.15, -0.1) is 0 Å². The van der Waals surface area contributed by atoms with Crippen LogP contribution in [0, 0.1) is 23.5 Å². The summed E-state index contributed by atoms with van der Waals surface area (Å²) in [6, 6.07) is 7.08. The monoisotopic (exact) mass is 879 g/mol. The Bertz CT molecular complexity index is 2420. The molecule has 0 spiro atoms. The van der Waals surface area contributed by atoms with Crippen molar-refractivity contribution in [3.8, 4) is 23.0 Å². The number of aromatic nitrogens is 5. The summed E-state index contributed by atoms with van der Waals surface area (Å²) >= 11 is 7.58. The SMILES string of the molecule is CSNc1nn(CC(F)(F)F)c2c(-c3ccc(C#CC(C)(C)S(C)=O)nc3C(Cc3cc(F)cc(F)c3)N=CCn3nc(C(F)(F)F)cc3C(C)(F)F)ccc(Cl)c12. The van der Waals surface area contributed by atoms with Crippen molar-refractivity contribution in [2.24, 2.45) is 4.99 Å². The van der Waals surface area contributed by atoms with Crippen LogP contribution in [0.3, 0.4) is 0 Å². The van der Waals surface area contributed by atoms with E-state index in [1.807, 2.05) is 0 Å². The Balaban J connectivity index is 1.80. The molecular formula is C37H32ClF10N7OS2. The summed E-state index contributed by atoms with van der Waals surface area (Å²) in [6.45, 7) is 1.30. The third-order valence-corrected chi connectivity index (χ3v) is 10.8. The van der Waals surface area contributed by atoms with Crippen LogP contribution in [0.5, 0.6) is 0 Å². The second kappa shape index (κ2) is 16.9. The highest BCUT2D eigenvalue weighted by Crippen LogP contribution is 2.42. The fourth-order valence-electron chi connectivity index (χ4n) is 5.73. The maximum Gasteiger partial charge on any atom is 0.435 e. The van der Waals surface area contributed by atoms with Crippen LogP contribution in [-0.4, -0.2) is 58.4 Å². The predicted molar refractivity (Wildman–Crippen MR) is 204 cm³/mol. The first-order chi connectivity index (χ1) is 26.9. The van der Waals surface area contributed by atoms with Crippen LogP contribution in [-0.2, 0) is 42.4 Å². The van der Waals surface area contributed by atoms with Crippen molar-refractivity contribution in [3.05, 3.63) is 93.5 Å². The van der Waals surface area contributed by atoms with Gasteiger partial charge in [0.15, 0.2) is 11.5 Å². The van der Waals surface area contributed by atoms with Crippen LogP contribution < -0.4 is 4.72 Å². The Morgan fingerprint density at radius 1 is 0.948 bits per heavy atom. The zero-order chi connectivity index (χ0) is 43.0. The highest BCUT2D eigenvalue weighted by molar-refractivity contribution is 7.99. The molecule has 5 rings (SSSR count). The average molecular weight is 880 g/mol. The lowest BCUT2D eigenvalue weighted by molar-refractivity contribution is -0.142. The summed E-state index contributed by atoms with van der Waals surface area (Å²) in [6.07, 6.45) is -6.20. The molecule has 0 saturated carbocycles. The number of fused-ring (bicyclic) bond motifs is 1. The molecule has 3 heterocycles. The van der Waals surface area contributed by atoms with Crippen molar-refractivity contribution < 1.29 is 48.1 Å². The zero-order valence-electron chi connectivity index (χ0n) is 31.0. The minimum atomic E-state index is -5.07.